The summed E-state index contributed by atoms with van der Waals surface area (Å²) < 4.78 is 10.6. The van der Waals surface area contributed by atoms with Gasteiger partial charge in [-0.1, -0.05) is 0 Å². The zero-order chi connectivity index (χ0) is 17.8. The lowest BCUT2D eigenvalue weighted by Gasteiger charge is -2.11. The number of nitro benzene ring substituents is 1. The second-order valence-electron chi connectivity index (χ2n) is 5.84. The van der Waals surface area contributed by atoms with Gasteiger partial charge in [-0.15, -0.1) is 0 Å². The molecule has 132 valence electrons. The monoisotopic (exact) mass is 345 g/mol. The normalized spacial score (nSPS) is 14.4. The third-order valence-electron chi connectivity index (χ3n) is 4.11. The zero-order valence-electron chi connectivity index (χ0n) is 13.9. The highest BCUT2D eigenvalue weighted by Crippen LogP contribution is 2.29. The summed E-state index contributed by atoms with van der Waals surface area (Å²) in [6, 6.07) is 7.58. The van der Waals surface area contributed by atoms with Crippen LogP contribution in [-0.2, 0) is 6.54 Å². The molecule has 8 nitrogen and oxygen atoms in total. The maximum Gasteiger partial charge on any atom is 0.296 e. The predicted octanol–water partition coefficient (Wildman–Crippen LogP) is 3.04. The molecule has 0 bridgehead atoms. The Kier molecular flexibility index (Phi) is 4.99. The molecular formula is C17H19N3O5. The molecule has 2 aromatic rings. The molecule has 1 aliphatic heterocycles. The number of likely N-dealkylation sites (tertiary alicyclic amines) is 1. The Bertz CT molecular complexity index is 780. The first kappa shape index (κ1) is 17.0. The van der Waals surface area contributed by atoms with Crippen LogP contribution in [-0.4, -0.2) is 35.9 Å². The highest BCUT2D eigenvalue weighted by Gasteiger charge is 2.20. The molecule has 1 aliphatic rings. The Labute approximate surface area is 144 Å². The molecule has 2 heterocycles. The van der Waals surface area contributed by atoms with Crippen molar-refractivity contribution in [2.75, 3.05) is 25.5 Å². The quantitative estimate of drug-likeness (QED) is 0.638. The number of carbonyl (C=O) groups excluding carboxylic acids is 1. The van der Waals surface area contributed by atoms with Gasteiger partial charge in [-0.05, 0) is 50.2 Å². The van der Waals surface area contributed by atoms with Crippen LogP contribution in [0, 0.1) is 10.1 Å². The number of amides is 1. The van der Waals surface area contributed by atoms with Crippen molar-refractivity contribution >= 4 is 17.3 Å². The number of nitrogens with one attached hydrogen (secondary N) is 1. The number of carbonyl (C=O) groups is 1. The van der Waals surface area contributed by atoms with Crippen molar-refractivity contribution in [3.8, 4) is 5.75 Å². The van der Waals surface area contributed by atoms with Gasteiger partial charge >= 0.3 is 0 Å². The number of hydrogen-bond acceptors (Lipinski definition) is 6. The molecule has 1 saturated heterocycles. The van der Waals surface area contributed by atoms with E-state index in [0.29, 0.717) is 18.1 Å². The predicted molar refractivity (Wildman–Crippen MR) is 90.8 cm³/mol. The van der Waals surface area contributed by atoms with E-state index in [1.165, 1.54) is 32.1 Å². The van der Waals surface area contributed by atoms with Gasteiger partial charge in [0.2, 0.25) is 0 Å². The number of methoxy groups -OCH3 is 1. The fourth-order valence-electron chi connectivity index (χ4n) is 2.83. The maximum absolute atomic E-state index is 12.3. The number of benzene rings is 1. The first-order valence-electron chi connectivity index (χ1n) is 8.01. The molecule has 0 aliphatic carbocycles. The molecule has 1 amide bonds. The van der Waals surface area contributed by atoms with Gasteiger partial charge in [-0.2, -0.15) is 0 Å². The van der Waals surface area contributed by atoms with Crippen molar-refractivity contribution in [1.82, 2.24) is 4.90 Å². The van der Waals surface area contributed by atoms with Crippen LogP contribution < -0.4 is 10.1 Å². The number of nitrogens with zero attached hydrogens (tertiary/aromatic N) is 2. The van der Waals surface area contributed by atoms with Crippen LogP contribution >= 0.6 is 0 Å². The van der Waals surface area contributed by atoms with E-state index < -0.39 is 10.8 Å². The third-order valence-corrected chi connectivity index (χ3v) is 4.11. The minimum atomic E-state index is -0.570. The van der Waals surface area contributed by atoms with Crippen LogP contribution in [0.4, 0.5) is 11.4 Å². The average Bonchev–Trinajstić information content (AvgIpc) is 3.27. The largest absolute Gasteiger partial charge is 0.496 e. The highest BCUT2D eigenvalue weighted by atomic mass is 16.6. The second-order valence-corrected chi connectivity index (χ2v) is 5.84. The van der Waals surface area contributed by atoms with Gasteiger partial charge in [-0.25, -0.2) is 0 Å². The van der Waals surface area contributed by atoms with Gasteiger partial charge in [0.15, 0.2) is 5.76 Å². The smallest absolute Gasteiger partial charge is 0.296 e. The molecule has 25 heavy (non-hydrogen) atoms. The van der Waals surface area contributed by atoms with Crippen molar-refractivity contribution in [3.63, 3.8) is 0 Å². The van der Waals surface area contributed by atoms with E-state index in [9.17, 15) is 14.9 Å². The van der Waals surface area contributed by atoms with Crippen LogP contribution in [0.25, 0.3) is 0 Å². The van der Waals surface area contributed by atoms with E-state index in [4.69, 9.17) is 9.15 Å². The Morgan fingerprint density at radius 2 is 2.08 bits per heavy atom. The number of rotatable bonds is 6. The van der Waals surface area contributed by atoms with E-state index >= 15 is 0 Å². The molecular weight excluding hydrogens is 326 g/mol. The van der Waals surface area contributed by atoms with E-state index in [1.54, 1.807) is 18.2 Å². The lowest BCUT2D eigenvalue weighted by atomic mass is 10.2. The van der Waals surface area contributed by atoms with Crippen LogP contribution in [0.3, 0.4) is 0 Å². The van der Waals surface area contributed by atoms with E-state index in [2.05, 4.69) is 10.2 Å². The maximum atomic E-state index is 12.3. The number of furan rings is 1. The van der Waals surface area contributed by atoms with Crippen LogP contribution in [0.15, 0.2) is 34.7 Å². The summed E-state index contributed by atoms with van der Waals surface area (Å²) in [5.41, 5.74) is -0.148. The van der Waals surface area contributed by atoms with Crippen molar-refractivity contribution in [2.24, 2.45) is 0 Å². The molecule has 0 spiro atoms. The van der Waals surface area contributed by atoms with Gasteiger partial charge in [0.25, 0.3) is 11.6 Å². The molecule has 0 saturated carbocycles. The third kappa shape index (κ3) is 3.97. The van der Waals surface area contributed by atoms with E-state index in [1.807, 2.05) is 0 Å². The summed E-state index contributed by atoms with van der Waals surface area (Å²) in [5, 5.41) is 13.7. The van der Waals surface area contributed by atoms with Crippen LogP contribution in [0.1, 0.15) is 29.2 Å². The Morgan fingerprint density at radius 1 is 1.32 bits per heavy atom. The number of ether oxygens (including phenoxy) is 1. The molecule has 3 rings (SSSR count). The van der Waals surface area contributed by atoms with Gasteiger partial charge in [0, 0.05) is 0 Å². The average molecular weight is 345 g/mol. The molecule has 0 radical (unpaired) electrons. The second kappa shape index (κ2) is 7.35. The Hall–Kier alpha value is -2.87. The molecule has 0 unspecified atom stereocenters. The summed E-state index contributed by atoms with van der Waals surface area (Å²) in [7, 11) is 1.42. The Balaban J connectivity index is 1.72. The van der Waals surface area contributed by atoms with E-state index in [0.717, 1.165) is 13.1 Å². The minimum Gasteiger partial charge on any atom is -0.496 e. The number of hydrogen-bond donors (Lipinski definition) is 1. The van der Waals surface area contributed by atoms with E-state index in [-0.39, 0.29) is 17.1 Å². The zero-order valence-corrected chi connectivity index (χ0v) is 13.9. The molecule has 1 N–H and O–H groups in total. The standard InChI is InChI=1S/C17H19N3O5/c1-24-12-4-6-14(15(10-12)20(22)23)18-17(21)16-7-5-13(25-16)11-19-8-2-3-9-19/h4-7,10H,2-3,8-9,11H2,1H3,(H,18,21). The van der Waals surface area contributed by atoms with Gasteiger partial charge in [0.1, 0.15) is 17.2 Å². The lowest BCUT2D eigenvalue weighted by molar-refractivity contribution is -0.384. The highest BCUT2D eigenvalue weighted by molar-refractivity contribution is 6.03. The molecule has 1 fully saturated rings. The first-order valence-corrected chi connectivity index (χ1v) is 8.01. The molecule has 1 aromatic heterocycles. The summed E-state index contributed by atoms with van der Waals surface area (Å²) in [5.74, 6) is 0.645. The summed E-state index contributed by atoms with van der Waals surface area (Å²) in [4.78, 5) is 25.2. The fraction of sp³-hybridized carbons (Fsp3) is 0.353. The van der Waals surface area contributed by atoms with Crippen LogP contribution in [0.5, 0.6) is 5.75 Å². The fourth-order valence-corrected chi connectivity index (χ4v) is 2.83. The molecule has 8 heteroatoms. The number of nitro groups is 1. The van der Waals surface area contributed by atoms with Crippen molar-refractivity contribution in [3.05, 3.63) is 52.0 Å². The SMILES string of the molecule is COc1ccc(NC(=O)c2ccc(CN3CCCC3)o2)c([N+](=O)[O-])c1. The van der Waals surface area contributed by atoms with Gasteiger partial charge < -0.3 is 14.5 Å². The van der Waals surface area contributed by atoms with Crippen molar-refractivity contribution in [1.29, 1.82) is 0 Å². The summed E-state index contributed by atoms with van der Waals surface area (Å²) >= 11 is 0. The summed E-state index contributed by atoms with van der Waals surface area (Å²) in [6.07, 6.45) is 2.35. The van der Waals surface area contributed by atoms with Crippen molar-refractivity contribution in [2.45, 2.75) is 19.4 Å². The van der Waals surface area contributed by atoms with Crippen molar-refractivity contribution < 1.29 is 18.9 Å². The Morgan fingerprint density at radius 3 is 2.76 bits per heavy atom. The van der Waals surface area contributed by atoms with Gasteiger partial charge in [0.05, 0.1) is 24.6 Å². The minimum absolute atomic E-state index is 0.0910. The van der Waals surface area contributed by atoms with Crippen LogP contribution in [0.2, 0.25) is 0 Å². The molecule has 1 aromatic carbocycles. The summed E-state index contributed by atoms with van der Waals surface area (Å²) in [6.45, 7) is 2.72. The lowest BCUT2D eigenvalue weighted by Crippen LogP contribution is -2.18. The molecule has 0 atom stereocenters. The first-order chi connectivity index (χ1) is 12.1. The van der Waals surface area contributed by atoms with Gasteiger partial charge in [-0.3, -0.25) is 19.8 Å². The number of anilines is 1. The topological polar surface area (TPSA) is 97.8 Å².